The second-order valence-corrected chi connectivity index (χ2v) is 6.31. The van der Waals surface area contributed by atoms with Crippen LogP contribution in [0.25, 0.3) is 0 Å². The fourth-order valence-electron chi connectivity index (χ4n) is 1.51. The number of benzene rings is 1. The number of anilines is 1. The Bertz CT molecular complexity index is 729. The van der Waals surface area contributed by atoms with E-state index in [2.05, 4.69) is 15.1 Å². The molecule has 0 spiro atoms. The number of aromatic amines is 1. The topological polar surface area (TPSA) is 79.0 Å². The van der Waals surface area contributed by atoms with Crippen molar-refractivity contribution in [2.45, 2.75) is 17.2 Å². The molecule has 0 aliphatic rings. The maximum Gasteiger partial charge on any atom is 0.441 e. The highest BCUT2D eigenvalue weighted by Gasteiger charge is 2.25. The van der Waals surface area contributed by atoms with Crippen LogP contribution in [0.2, 0.25) is 10.0 Å². The van der Waals surface area contributed by atoms with Gasteiger partial charge in [-0.25, -0.2) is 4.79 Å². The van der Waals surface area contributed by atoms with Gasteiger partial charge in [0.15, 0.2) is 7.05 Å². The van der Waals surface area contributed by atoms with Crippen molar-refractivity contribution < 1.29 is 14.0 Å². The molecule has 1 atom stereocenters. The van der Waals surface area contributed by atoms with Crippen LogP contribution in [-0.4, -0.2) is 16.4 Å². The largest absolute Gasteiger partial charge is 0.441 e. The smallest absolute Gasteiger partial charge is 0.324 e. The van der Waals surface area contributed by atoms with Gasteiger partial charge in [0.2, 0.25) is 5.91 Å². The molecule has 0 bridgehead atoms. The van der Waals surface area contributed by atoms with Crippen molar-refractivity contribution in [1.29, 1.82) is 0 Å². The van der Waals surface area contributed by atoms with Gasteiger partial charge >= 0.3 is 10.7 Å². The number of aromatic nitrogens is 2. The van der Waals surface area contributed by atoms with E-state index < -0.39 is 10.9 Å². The van der Waals surface area contributed by atoms with Gasteiger partial charge in [0.1, 0.15) is 0 Å². The summed E-state index contributed by atoms with van der Waals surface area (Å²) in [6, 6.07) is 4.96. The molecular weight excluding hydrogens is 337 g/mol. The molecule has 0 aliphatic carbocycles. The van der Waals surface area contributed by atoms with Crippen LogP contribution in [0.5, 0.6) is 0 Å². The van der Waals surface area contributed by atoms with E-state index in [1.807, 2.05) is 0 Å². The molecule has 1 amide bonds. The predicted molar refractivity (Wildman–Crippen MR) is 80.9 cm³/mol. The molecular formula is C12H12Cl2N3O3S+. The number of hydrogen-bond acceptors (Lipinski definition) is 4. The first kappa shape index (κ1) is 15.9. The van der Waals surface area contributed by atoms with Crippen LogP contribution < -0.4 is 15.6 Å². The molecule has 0 aliphatic heterocycles. The van der Waals surface area contributed by atoms with E-state index in [1.54, 1.807) is 32.2 Å². The number of thioether (sulfide) groups is 1. The molecule has 2 aromatic rings. The molecule has 1 unspecified atom stereocenters. The maximum absolute atomic E-state index is 12.1. The van der Waals surface area contributed by atoms with Gasteiger partial charge in [0.25, 0.3) is 0 Å². The normalized spacial score (nSPS) is 12.2. The third-order valence-corrected chi connectivity index (χ3v) is 4.67. The summed E-state index contributed by atoms with van der Waals surface area (Å²) in [4.78, 5) is 23.6. The number of aryl methyl sites for hydroxylation is 1. The SMILES string of the molecule is CC(Sc1c(=O)o[nH][n+]1C)C(=O)Nc1cccc(Cl)c1Cl. The summed E-state index contributed by atoms with van der Waals surface area (Å²) >= 11 is 13.0. The lowest BCUT2D eigenvalue weighted by Gasteiger charge is -2.11. The lowest BCUT2D eigenvalue weighted by atomic mass is 10.3. The fourth-order valence-corrected chi connectivity index (χ4v) is 2.70. The number of amides is 1. The second-order valence-electron chi connectivity index (χ2n) is 4.20. The van der Waals surface area contributed by atoms with E-state index >= 15 is 0 Å². The first-order valence-corrected chi connectivity index (χ1v) is 7.52. The van der Waals surface area contributed by atoms with Crippen LogP contribution in [0.15, 0.2) is 32.5 Å². The summed E-state index contributed by atoms with van der Waals surface area (Å²) in [5, 5.41) is 5.47. The van der Waals surface area contributed by atoms with Crippen molar-refractivity contribution in [3.8, 4) is 0 Å². The minimum atomic E-state index is -0.525. The Labute approximate surface area is 134 Å². The molecule has 9 heteroatoms. The van der Waals surface area contributed by atoms with Gasteiger partial charge in [-0.2, -0.15) is 0 Å². The van der Waals surface area contributed by atoms with Crippen molar-refractivity contribution in [2.75, 3.05) is 5.32 Å². The lowest BCUT2D eigenvalue weighted by molar-refractivity contribution is -0.772. The summed E-state index contributed by atoms with van der Waals surface area (Å²) < 4.78 is 6.03. The van der Waals surface area contributed by atoms with E-state index in [4.69, 9.17) is 23.2 Å². The summed E-state index contributed by atoms with van der Waals surface area (Å²) in [5.41, 5.74) is -0.102. The fraction of sp³-hybridized carbons (Fsp3) is 0.250. The monoisotopic (exact) mass is 348 g/mol. The first-order valence-electron chi connectivity index (χ1n) is 5.89. The van der Waals surface area contributed by atoms with Crippen molar-refractivity contribution in [2.24, 2.45) is 7.05 Å². The molecule has 112 valence electrons. The molecule has 0 radical (unpaired) electrons. The average molecular weight is 349 g/mol. The Morgan fingerprint density at radius 2 is 2.19 bits per heavy atom. The van der Waals surface area contributed by atoms with Crippen LogP contribution in [0.4, 0.5) is 5.69 Å². The zero-order valence-electron chi connectivity index (χ0n) is 11.1. The van der Waals surface area contributed by atoms with Crippen molar-refractivity contribution in [3.05, 3.63) is 38.7 Å². The quantitative estimate of drug-likeness (QED) is 0.655. The van der Waals surface area contributed by atoms with E-state index in [0.29, 0.717) is 15.7 Å². The van der Waals surface area contributed by atoms with Gasteiger partial charge in [-0.15, -0.1) is 0 Å². The highest BCUT2D eigenvalue weighted by Crippen LogP contribution is 2.30. The average Bonchev–Trinajstić information content (AvgIpc) is 2.75. The summed E-state index contributed by atoms with van der Waals surface area (Å²) in [7, 11) is 1.62. The number of hydrogen-bond donors (Lipinski definition) is 2. The Morgan fingerprint density at radius 3 is 2.81 bits per heavy atom. The molecule has 0 saturated heterocycles. The number of carbonyl (C=O) groups is 1. The van der Waals surface area contributed by atoms with Crippen LogP contribution in [0, 0.1) is 0 Å². The molecule has 2 rings (SSSR count). The highest BCUT2D eigenvalue weighted by molar-refractivity contribution is 8.00. The van der Waals surface area contributed by atoms with Gasteiger partial charge in [0.05, 0.1) is 21.0 Å². The van der Waals surface area contributed by atoms with Gasteiger partial charge < -0.3 is 5.32 Å². The van der Waals surface area contributed by atoms with Crippen LogP contribution in [-0.2, 0) is 11.8 Å². The third kappa shape index (κ3) is 3.61. The lowest BCUT2D eigenvalue weighted by Crippen LogP contribution is -2.35. The molecule has 1 aromatic heterocycles. The molecule has 1 heterocycles. The van der Waals surface area contributed by atoms with Crippen molar-refractivity contribution in [1.82, 2.24) is 5.27 Å². The molecule has 0 fully saturated rings. The third-order valence-electron chi connectivity index (χ3n) is 2.62. The Hall–Kier alpha value is -1.44. The number of nitrogens with one attached hydrogen (secondary N) is 2. The van der Waals surface area contributed by atoms with Crippen LogP contribution in [0.1, 0.15) is 6.92 Å². The summed E-state index contributed by atoms with van der Waals surface area (Å²) in [5.74, 6) is -0.301. The van der Waals surface area contributed by atoms with Crippen molar-refractivity contribution >= 4 is 46.6 Å². The van der Waals surface area contributed by atoms with Gasteiger partial charge in [-0.3, -0.25) is 9.32 Å². The minimum Gasteiger partial charge on any atom is -0.324 e. The molecule has 21 heavy (non-hydrogen) atoms. The Kier molecular flexibility index (Phi) is 4.97. The molecule has 2 N–H and O–H groups in total. The summed E-state index contributed by atoms with van der Waals surface area (Å²) in [6.45, 7) is 1.67. The van der Waals surface area contributed by atoms with Crippen LogP contribution >= 0.6 is 35.0 Å². The Balaban J connectivity index is 2.10. The van der Waals surface area contributed by atoms with Crippen LogP contribution in [0.3, 0.4) is 0 Å². The summed E-state index contributed by atoms with van der Waals surface area (Å²) in [6.07, 6.45) is 0. The maximum atomic E-state index is 12.1. The number of carbonyl (C=O) groups excluding carboxylic acids is 1. The predicted octanol–water partition coefficient (Wildman–Crippen LogP) is 2.22. The number of rotatable bonds is 4. The van der Waals surface area contributed by atoms with E-state index in [0.717, 1.165) is 11.8 Å². The van der Waals surface area contributed by atoms with E-state index in [-0.39, 0.29) is 10.9 Å². The molecule has 6 nitrogen and oxygen atoms in total. The van der Waals surface area contributed by atoms with Gasteiger partial charge in [-0.1, -0.05) is 34.0 Å². The standard InChI is InChI=1S/C12H11Cl2N3O3S/c1-6(21-11-12(19)20-16-17(11)2)10(18)15-8-5-3-4-7(13)9(8)14/h3-6H,1-2H3,(H-,15,16,18,19)/p+1. The highest BCUT2D eigenvalue weighted by atomic mass is 35.5. The number of H-pyrrole nitrogens is 1. The first-order chi connectivity index (χ1) is 9.90. The van der Waals surface area contributed by atoms with Gasteiger partial charge in [-0.05, 0) is 36.1 Å². The van der Waals surface area contributed by atoms with E-state index in [9.17, 15) is 9.59 Å². The Morgan fingerprint density at radius 1 is 1.48 bits per heavy atom. The number of halogens is 2. The zero-order valence-corrected chi connectivity index (χ0v) is 13.5. The minimum absolute atomic E-state index is 0.274. The van der Waals surface area contributed by atoms with Crippen molar-refractivity contribution in [3.63, 3.8) is 0 Å². The second kappa shape index (κ2) is 6.55. The zero-order chi connectivity index (χ0) is 15.6. The molecule has 0 saturated carbocycles. The molecule has 1 aromatic carbocycles. The number of nitrogens with zero attached hydrogens (tertiary/aromatic N) is 1. The van der Waals surface area contributed by atoms with Gasteiger partial charge in [0, 0.05) is 0 Å². The van der Waals surface area contributed by atoms with E-state index in [1.165, 1.54) is 4.68 Å².